The molecule has 2 aromatic rings. The molecule has 0 saturated carbocycles. The van der Waals surface area contributed by atoms with E-state index >= 15 is 0 Å². The molecule has 1 aromatic heterocycles. The van der Waals surface area contributed by atoms with Gasteiger partial charge in [-0.15, -0.1) is 0 Å². The maximum absolute atomic E-state index is 12.6. The topological polar surface area (TPSA) is 48.5 Å². The molecule has 1 aliphatic heterocycles. The molecular formula is C21H28N4O. The van der Waals surface area contributed by atoms with Crippen LogP contribution in [0.15, 0.2) is 48.8 Å². The first-order valence-electron chi connectivity index (χ1n) is 9.29. The van der Waals surface area contributed by atoms with Crippen molar-refractivity contribution in [3.63, 3.8) is 0 Å². The van der Waals surface area contributed by atoms with Crippen LogP contribution in [-0.4, -0.2) is 54.4 Å². The maximum atomic E-state index is 12.6. The van der Waals surface area contributed by atoms with E-state index in [1.165, 1.54) is 18.4 Å². The lowest BCUT2D eigenvalue weighted by atomic mass is 10.1. The minimum atomic E-state index is -0.0190. The molecule has 0 aliphatic carbocycles. The Kier molecular flexibility index (Phi) is 6.36. The van der Waals surface area contributed by atoms with Crippen LogP contribution in [0.2, 0.25) is 0 Å². The minimum absolute atomic E-state index is 0.0190. The summed E-state index contributed by atoms with van der Waals surface area (Å²) < 4.78 is 0. The van der Waals surface area contributed by atoms with Crippen molar-refractivity contribution in [2.45, 2.75) is 25.4 Å². The monoisotopic (exact) mass is 352 g/mol. The summed E-state index contributed by atoms with van der Waals surface area (Å²) in [5.74, 6) is -0.0190. The number of hydrogen-bond acceptors (Lipinski definition) is 4. The highest BCUT2D eigenvalue weighted by molar-refractivity contribution is 5.94. The van der Waals surface area contributed by atoms with E-state index in [1.807, 2.05) is 50.6 Å². The molecule has 1 amide bonds. The predicted octanol–water partition coefficient (Wildman–Crippen LogP) is 2.71. The van der Waals surface area contributed by atoms with Crippen LogP contribution in [0.3, 0.4) is 0 Å². The smallest absolute Gasteiger partial charge is 0.251 e. The van der Waals surface area contributed by atoms with Gasteiger partial charge in [-0.05, 0) is 69.4 Å². The van der Waals surface area contributed by atoms with Gasteiger partial charge < -0.3 is 10.2 Å². The number of benzene rings is 1. The molecule has 5 heteroatoms. The summed E-state index contributed by atoms with van der Waals surface area (Å²) in [7, 11) is 4.08. The van der Waals surface area contributed by atoms with Gasteiger partial charge in [-0.25, -0.2) is 0 Å². The molecule has 0 radical (unpaired) electrons. The van der Waals surface area contributed by atoms with Crippen molar-refractivity contribution in [2.24, 2.45) is 0 Å². The molecule has 138 valence electrons. The van der Waals surface area contributed by atoms with Crippen LogP contribution in [0, 0.1) is 0 Å². The van der Waals surface area contributed by atoms with Gasteiger partial charge >= 0.3 is 0 Å². The zero-order chi connectivity index (χ0) is 18.4. The summed E-state index contributed by atoms with van der Waals surface area (Å²) in [6.45, 7) is 3.63. The Hall–Kier alpha value is -2.24. The van der Waals surface area contributed by atoms with Crippen LogP contribution in [0.25, 0.3) is 0 Å². The van der Waals surface area contributed by atoms with Crippen molar-refractivity contribution in [2.75, 3.05) is 33.7 Å². The van der Waals surface area contributed by atoms with Crippen molar-refractivity contribution in [1.82, 2.24) is 20.1 Å². The van der Waals surface area contributed by atoms with E-state index in [9.17, 15) is 4.79 Å². The molecule has 5 nitrogen and oxygen atoms in total. The minimum Gasteiger partial charge on any atom is -0.350 e. The number of hydrogen-bond donors (Lipinski definition) is 1. The SMILES string of the molecule is CN(C)Cc1ccc(C(=O)NCC(c2cccnc2)N2CCCC2)cc1. The largest absolute Gasteiger partial charge is 0.350 e. The Balaban J connectivity index is 1.63. The fourth-order valence-electron chi connectivity index (χ4n) is 3.50. The van der Waals surface area contributed by atoms with Crippen molar-refractivity contribution in [1.29, 1.82) is 0 Å². The third-order valence-corrected chi connectivity index (χ3v) is 4.82. The van der Waals surface area contributed by atoms with Crippen LogP contribution in [0.4, 0.5) is 0 Å². The number of aromatic nitrogens is 1. The van der Waals surface area contributed by atoms with Crippen LogP contribution in [0.5, 0.6) is 0 Å². The molecule has 1 aliphatic rings. The van der Waals surface area contributed by atoms with Gasteiger partial charge in [0.15, 0.2) is 0 Å². The second kappa shape index (κ2) is 8.92. The molecule has 1 aromatic carbocycles. The van der Waals surface area contributed by atoms with E-state index in [0.717, 1.165) is 25.2 Å². The Morgan fingerprint density at radius 2 is 1.92 bits per heavy atom. The number of carbonyl (C=O) groups excluding carboxylic acids is 1. The van der Waals surface area contributed by atoms with Gasteiger partial charge in [0.1, 0.15) is 0 Å². The van der Waals surface area contributed by atoms with Gasteiger partial charge in [-0.2, -0.15) is 0 Å². The first-order valence-corrected chi connectivity index (χ1v) is 9.29. The third kappa shape index (κ3) is 4.90. The summed E-state index contributed by atoms with van der Waals surface area (Å²) in [4.78, 5) is 21.4. The van der Waals surface area contributed by atoms with Crippen LogP contribution >= 0.6 is 0 Å². The highest BCUT2D eigenvalue weighted by atomic mass is 16.1. The van der Waals surface area contributed by atoms with Gasteiger partial charge in [0.05, 0.1) is 6.04 Å². The zero-order valence-electron chi connectivity index (χ0n) is 15.7. The average molecular weight is 352 g/mol. The summed E-state index contributed by atoms with van der Waals surface area (Å²) in [5.41, 5.74) is 3.08. The van der Waals surface area contributed by atoms with E-state index in [0.29, 0.717) is 12.1 Å². The van der Waals surface area contributed by atoms with Gasteiger partial charge in [0.2, 0.25) is 0 Å². The fourth-order valence-corrected chi connectivity index (χ4v) is 3.50. The molecule has 0 bridgehead atoms. The van der Waals surface area contributed by atoms with Gasteiger partial charge in [-0.1, -0.05) is 18.2 Å². The zero-order valence-corrected chi connectivity index (χ0v) is 15.7. The summed E-state index contributed by atoms with van der Waals surface area (Å²) >= 11 is 0. The third-order valence-electron chi connectivity index (χ3n) is 4.82. The first-order chi connectivity index (χ1) is 12.6. The number of nitrogens with zero attached hydrogens (tertiary/aromatic N) is 3. The lowest BCUT2D eigenvalue weighted by Gasteiger charge is -2.28. The van der Waals surface area contributed by atoms with E-state index in [-0.39, 0.29) is 11.9 Å². The molecular weight excluding hydrogens is 324 g/mol. The second-order valence-corrected chi connectivity index (χ2v) is 7.19. The number of amides is 1. The van der Waals surface area contributed by atoms with E-state index in [2.05, 4.69) is 26.2 Å². The molecule has 3 rings (SSSR count). The van der Waals surface area contributed by atoms with E-state index in [4.69, 9.17) is 0 Å². The molecule has 1 atom stereocenters. The molecule has 1 N–H and O–H groups in total. The highest BCUT2D eigenvalue weighted by Crippen LogP contribution is 2.24. The van der Waals surface area contributed by atoms with E-state index in [1.54, 1.807) is 6.20 Å². The molecule has 1 saturated heterocycles. The Morgan fingerprint density at radius 3 is 2.54 bits per heavy atom. The average Bonchev–Trinajstić information content (AvgIpc) is 3.17. The number of nitrogens with one attached hydrogen (secondary N) is 1. The predicted molar refractivity (Wildman–Crippen MR) is 104 cm³/mol. The Labute approximate surface area is 156 Å². The standard InChI is InChI=1S/C21H28N4O/c1-24(2)16-17-7-9-18(10-8-17)21(26)23-15-20(25-12-3-4-13-25)19-6-5-11-22-14-19/h5-11,14,20H,3-4,12-13,15-16H2,1-2H3,(H,23,26). The Morgan fingerprint density at radius 1 is 1.19 bits per heavy atom. The summed E-state index contributed by atoms with van der Waals surface area (Å²) in [6, 6.07) is 12.1. The lowest BCUT2D eigenvalue weighted by Crippen LogP contribution is -2.36. The first kappa shape index (κ1) is 18.5. The fraction of sp³-hybridized carbons (Fsp3) is 0.429. The van der Waals surface area contributed by atoms with Gasteiger partial charge in [0.25, 0.3) is 5.91 Å². The van der Waals surface area contributed by atoms with Gasteiger partial charge in [0, 0.05) is 31.0 Å². The number of likely N-dealkylation sites (tertiary alicyclic amines) is 1. The molecule has 1 fully saturated rings. The summed E-state index contributed by atoms with van der Waals surface area (Å²) in [5, 5.41) is 3.12. The summed E-state index contributed by atoms with van der Waals surface area (Å²) in [6.07, 6.45) is 6.14. The highest BCUT2D eigenvalue weighted by Gasteiger charge is 2.24. The van der Waals surface area contributed by atoms with Crippen LogP contribution in [-0.2, 0) is 6.54 Å². The maximum Gasteiger partial charge on any atom is 0.251 e. The van der Waals surface area contributed by atoms with Crippen molar-refractivity contribution >= 4 is 5.91 Å². The van der Waals surface area contributed by atoms with Crippen molar-refractivity contribution in [3.05, 3.63) is 65.5 Å². The Bertz CT molecular complexity index is 694. The molecule has 0 spiro atoms. The molecule has 2 heterocycles. The number of pyridine rings is 1. The number of rotatable bonds is 7. The number of carbonyl (C=O) groups is 1. The second-order valence-electron chi connectivity index (χ2n) is 7.19. The van der Waals surface area contributed by atoms with Gasteiger partial charge in [-0.3, -0.25) is 14.7 Å². The van der Waals surface area contributed by atoms with Crippen molar-refractivity contribution < 1.29 is 4.79 Å². The van der Waals surface area contributed by atoms with Crippen molar-refractivity contribution in [3.8, 4) is 0 Å². The quantitative estimate of drug-likeness (QED) is 0.832. The van der Waals surface area contributed by atoms with E-state index < -0.39 is 0 Å². The van der Waals surface area contributed by atoms with Crippen LogP contribution in [0.1, 0.15) is 40.4 Å². The molecule has 1 unspecified atom stereocenters. The lowest BCUT2D eigenvalue weighted by molar-refractivity contribution is 0.0938. The van der Waals surface area contributed by atoms with Crippen LogP contribution < -0.4 is 5.32 Å². The normalized spacial score (nSPS) is 16.0. The molecule has 26 heavy (non-hydrogen) atoms.